The first-order chi connectivity index (χ1) is 14.1. The molecule has 30 heavy (non-hydrogen) atoms. The third kappa shape index (κ3) is 23.7. The van der Waals surface area contributed by atoms with E-state index in [0.29, 0.717) is 6.04 Å². The van der Waals surface area contributed by atoms with Crippen molar-refractivity contribution in [3.8, 4) is 0 Å². The Morgan fingerprint density at radius 1 is 0.667 bits per heavy atom. The maximum absolute atomic E-state index is 10.7. The van der Waals surface area contributed by atoms with E-state index in [1.54, 1.807) is 0 Å². The molecule has 0 aromatic heterocycles. The molecule has 0 aliphatic heterocycles. The minimum atomic E-state index is -0.908. The van der Waals surface area contributed by atoms with Crippen LogP contribution in [0.2, 0.25) is 0 Å². The Labute approximate surface area is 232 Å². The standard InChI is InChI=1S/C26H53NO2.K/c1-4-6-8-10-12-14-16-18-23-27(25(3)21-20-22-26(28)29)24-19-17-15-13-11-9-7-5-2;/h25H,4-24H2,1-3H3,(H,28,29);/q;+1/p-1. The molecular formula is C26H52KNO2. The van der Waals surface area contributed by atoms with Gasteiger partial charge in [-0.05, 0) is 52.1 Å². The smallest absolute Gasteiger partial charge is 0.550 e. The zero-order valence-electron chi connectivity index (χ0n) is 21.2. The summed E-state index contributed by atoms with van der Waals surface area (Å²) in [5.74, 6) is -0.908. The number of carbonyl (C=O) groups excluding carboxylic acids is 1. The first-order valence-electron chi connectivity index (χ1n) is 13.1. The molecule has 174 valence electrons. The molecule has 0 aromatic rings. The molecule has 0 aliphatic rings. The van der Waals surface area contributed by atoms with Crippen molar-refractivity contribution >= 4 is 5.97 Å². The van der Waals surface area contributed by atoms with Crippen molar-refractivity contribution in [2.75, 3.05) is 13.1 Å². The Morgan fingerprint density at radius 2 is 1.03 bits per heavy atom. The third-order valence-corrected chi connectivity index (χ3v) is 6.22. The van der Waals surface area contributed by atoms with E-state index in [2.05, 4.69) is 25.7 Å². The van der Waals surface area contributed by atoms with Gasteiger partial charge in [0.25, 0.3) is 0 Å². The van der Waals surface area contributed by atoms with Crippen molar-refractivity contribution in [1.29, 1.82) is 0 Å². The normalized spacial score (nSPS) is 12.1. The average Bonchev–Trinajstić information content (AvgIpc) is 2.69. The maximum atomic E-state index is 10.7. The molecule has 1 atom stereocenters. The van der Waals surface area contributed by atoms with Gasteiger partial charge in [0.05, 0.1) is 0 Å². The molecule has 0 saturated carbocycles. The molecule has 0 aromatic carbocycles. The maximum Gasteiger partial charge on any atom is 1.00 e. The zero-order valence-corrected chi connectivity index (χ0v) is 24.3. The van der Waals surface area contributed by atoms with Crippen molar-refractivity contribution in [3.63, 3.8) is 0 Å². The van der Waals surface area contributed by atoms with Crippen LogP contribution in [0.3, 0.4) is 0 Å². The van der Waals surface area contributed by atoms with Crippen LogP contribution in [0.25, 0.3) is 0 Å². The van der Waals surface area contributed by atoms with E-state index in [1.807, 2.05) is 0 Å². The Kier molecular flexibility index (Phi) is 29.2. The minimum Gasteiger partial charge on any atom is -0.550 e. The summed E-state index contributed by atoms with van der Waals surface area (Å²) in [5.41, 5.74) is 0. The van der Waals surface area contributed by atoms with Crippen LogP contribution < -0.4 is 56.5 Å². The van der Waals surface area contributed by atoms with Gasteiger partial charge in [-0.2, -0.15) is 0 Å². The molecule has 0 N–H and O–H groups in total. The Balaban J connectivity index is 0. The van der Waals surface area contributed by atoms with Crippen LogP contribution in [0.15, 0.2) is 0 Å². The van der Waals surface area contributed by atoms with E-state index in [4.69, 9.17) is 0 Å². The zero-order chi connectivity index (χ0) is 21.6. The van der Waals surface area contributed by atoms with Gasteiger partial charge < -0.3 is 14.8 Å². The van der Waals surface area contributed by atoms with Gasteiger partial charge in [-0.25, -0.2) is 0 Å². The molecule has 0 bridgehead atoms. The molecule has 0 spiro atoms. The van der Waals surface area contributed by atoms with Gasteiger partial charge >= 0.3 is 51.4 Å². The molecule has 0 saturated heterocycles. The molecule has 0 heterocycles. The van der Waals surface area contributed by atoms with Crippen LogP contribution in [0, 0.1) is 0 Å². The van der Waals surface area contributed by atoms with Gasteiger partial charge in [0, 0.05) is 12.0 Å². The van der Waals surface area contributed by atoms with Gasteiger partial charge in [0.15, 0.2) is 0 Å². The predicted octanol–water partition coefficient (Wildman–Crippen LogP) is 3.88. The fourth-order valence-corrected chi connectivity index (χ4v) is 4.17. The summed E-state index contributed by atoms with van der Waals surface area (Å²) in [7, 11) is 0. The summed E-state index contributed by atoms with van der Waals surface area (Å²) in [4.78, 5) is 13.3. The third-order valence-electron chi connectivity index (χ3n) is 6.22. The average molecular weight is 450 g/mol. The Morgan fingerprint density at radius 3 is 1.40 bits per heavy atom. The number of carboxylic acids is 1. The molecule has 3 nitrogen and oxygen atoms in total. The largest absolute Gasteiger partial charge is 1.00 e. The summed E-state index contributed by atoms with van der Waals surface area (Å²) in [5, 5.41) is 10.7. The van der Waals surface area contributed by atoms with E-state index in [9.17, 15) is 9.90 Å². The molecule has 4 heteroatoms. The van der Waals surface area contributed by atoms with Crippen LogP contribution in [0.4, 0.5) is 0 Å². The summed E-state index contributed by atoms with van der Waals surface area (Å²) >= 11 is 0. The van der Waals surface area contributed by atoms with E-state index in [1.165, 1.54) is 116 Å². The van der Waals surface area contributed by atoms with E-state index in [0.717, 1.165) is 12.8 Å². The minimum absolute atomic E-state index is 0. The van der Waals surface area contributed by atoms with Gasteiger partial charge in [-0.1, -0.05) is 104 Å². The number of nitrogens with zero attached hydrogens (tertiary/aromatic N) is 1. The number of aliphatic carboxylic acids is 1. The second-order valence-electron chi connectivity index (χ2n) is 9.10. The van der Waals surface area contributed by atoms with Crippen LogP contribution in [-0.4, -0.2) is 30.0 Å². The quantitative estimate of drug-likeness (QED) is 0.176. The first-order valence-corrected chi connectivity index (χ1v) is 13.1. The van der Waals surface area contributed by atoms with E-state index in [-0.39, 0.29) is 57.8 Å². The van der Waals surface area contributed by atoms with E-state index >= 15 is 0 Å². The van der Waals surface area contributed by atoms with Crippen molar-refractivity contribution in [2.45, 2.75) is 149 Å². The summed E-state index contributed by atoms with van der Waals surface area (Å²) in [6.45, 7) is 9.19. The molecule has 0 rings (SSSR count). The number of hydrogen-bond acceptors (Lipinski definition) is 3. The van der Waals surface area contributed by atoms with Crippen LogP contribution in [0.1, 0.15) is 143 Å². The number of carboxylic acid groups (broad SMARTS) is 1. The predicted molar refractivity (Wildman–Crippen MR) is 125 cm³/mol. The van der Waals surface area contributed by atoms with Gasteiger partial charge in [-0.3, -0.25) is 0 Å². The van der Waals surface area contributed by atoms with Crippen LogP contribution >= 0.6 is 0 Å². The molecule has 0 amide bonds. The van der Waals surface area contributed by atoms with Crippen LogP contribution in [0.5, 0.6) is 0 Å². The first kappa shape index (κ1) is 33.2. The summed E-state index contributed by atoms with van der Waals surface area (Å²) in [6, 6.07) is 0.489. The van der Waals surface area contributed by atoms with Gasteiger partial charge in [0.1, 0.15) is 0 Å². The summed E-state index contributed by atoms with van der Waals surface area (Å²) in [6.07, 6.45) is 23.7. The van der Waals surface area contributed by atoms with Crippen molar-refractivity contribution < 1.29 is 61.3 Å². The number of hydrogen-bond donors (Lipinski definition) is 0. The SMILES string of the molecule is CCCCCCCCCCN(CCCCCCCCCC)C(C)CCCC(=O)[O-].[K+]. The van der Waals surface area contributed by atoms with E-state index < -0.39 is 5.97 Å². The second kappa shape index (κ2) is 26.3. The molecule has 0 radical (unpaired) electrons. The molecule has 0 fully saturated rings. The fraction of sp³-hybridized carbons (Fsp3) is 0.962. The summed E-state index contributed by atoms with van der Waals surface area (Å²) < 4.78 is 0. The molecular weight excluding hydrogens is 397 g/mol. The van der Waals surface area contributed by atoms with Crippen molar-refractivity contribution in [2.24, 2.45) is 0 Å². The Hall–Kier alpha value is 1.07. The van der Waals surface area contributed by atoms with Crippen molar-refractivity contribution in [3.05, 3.63) is 0 Å². The van der Waals surface area contributed by atoms with Gasteiger partial charge in [0.2, 0.25) is 0 Å². The fourth-order valence-electron chi connectivity index (χ4n) is 4.17. The Bertz CT molecular complexity index is 332. The second-order valence-corrected chi connectivity index (χ2v) is 9.10. The number of rotatable bonds is 23. The topological polar surface area (TPSA) is 43.4 Å². The number of carbonyl (C=O) groups is 1. The van der Waals surface area contributed by atoms with Crippen molar-refractivity contribution in [1.82, 2.24) is 4.90 Å². The molecule has 1 unspecified atom stereocenters. The molecule has 0 aliphatic carbocycles. The monoisotopic (exact) mass is 449 g/mol. The van der Waals surface area contributed by atoms with Crippen LogP contribution in [-0.2, 0) is 4.79 Å². The number of unbranched alkanes of at least 4 members (excludes halogenated alkanes) is 14. The van der Waals surface area contributed by atoms with Gasteiger partial charge in [-0.15, -0.1) is 0 Å².